The number of hydrogen-bond donors (Lipinski definition) is 2. The number of carbonyl (C=O) groups excluding carboxylic acids is 1. The van der Waals surface area contributed by atoms with Gasteiger partial charge in [0.05, 0.1) is 4.90 Å². The molecule has 1 aromatic carbocycles. The third-order valence-electron chi connectivity index (χ3n) is 4.32. The summed E-state index contributed by atoms with van der Waals surface area (Å²) < 4.78 is 26.7. The monoisotopic (exact) mass is 368 g/mol. The average molecular weight is 368 g/mol. The number of hydrogen-bond acceptors (Lipinski definition) is 4. The Kier molecular flexibility index (Phi) is 6.55. The van der Waals surface area contributed by atoms with Gasteiger partial charge in [-0.05, 0) is 31.4 Å². The Labute approximate surface area is 148 Å². The molecule has 0 radical (unpaired) electrons. The third-order valence-corrected chi connectivity index (χ3v) is 6.24. The number of rotatable bonds is 8. The fourth-order valence-corrected chi connectivity index (χ4v) is 4.63. The zero-order valence-corrected chi connectivity index (χ0v) is 15.0. The largest absolute Gasteiger partial charge is 0.480 e. The molecule has 1 unspecified atom stereocenters. The lowest BCUT2D eigenvalue weighted by atomic mass is 10.1. The molecule has 1 saturated heterocycles. The van der Waals surface area contributed by atoms with Crippen LogP contribution in [0.25, 0.3) is 0 Å². The molecule has 2 atom stereocenters. The molecule has 2 rings (SSSR count). The van der Waals surface area contributed by atoms with Gasteiger partial charge in [0, 0.05) is 6.54 Å². The fraction of sp³-hybridized carbons (Fsp3) is 0.529. The van der Waals surface area contributed by atoms with Crippen molar-refractivity contribution in [2.24, 2.45) is 0 Å². The van der Waals surface area contributed by atoms with Crippen molar-refractivity contribution in [1.29, 1.82) is 0 Å². The molecule has 25 heavy (non-hydrogen) atoms. The number of amides is 1. The van der Waals surface area contributed by atoms with Gasteiger partial charge in [-0.15, -0.1) is 0 Å². The van der Waals surface area contributed by atoms with Crippen molar-refractivity contribution in [3.05, 3.63) is 30.3 Å². The number of unbranched alkanes of at least 4 members (excludes halogenated alkanes) is 1. The molecule has 1 fully saturated rings. The minimum absolute atomic E-state index is 0.135. The lowest BCUT2D eigenvalue weighted by Crippen LogP contribution is -2.50. The maximum absolute atomic E-state index is 12.8. The van der Waals surface area contributed by atoms with E-state index in [-0.39, 0.29) is 11.4 Å². The van der Waals surface area contributed by atoms with E-state index in [0.29, 0.717) is 25.7 Å². The van der Waals surface area contributed by atoms with Gasteiger partial charge < -0.3 is 10.4 Å². The van der Waals surface area contributed by atoms with Crippen LogP contribution in [0.2, 0.25) is 0 Å². The first kappa shape index (κ1) is 19.4. The molecule has 8 heteroatoms. The van der Waals surface area contributed by atoms with Crippen molar-refractivity contribution in [2.75, 3.05) is 6.54 Å². The Balaban J connectivity index is 2.15. The van der Waals surface area contributed by atoms with E-state index in [2.05, 4.69) is 5.32 Å². The Bertz CT molecular complexity index is 705. The number of aliphatic carboxylic acids is 1. The molecule has 0 spiro atoms. The predicted octanol–water partition coefficient (Wildman–Crippen LogP) is 1.60. The Morgan fingerprint density at radius 2 is 2.00 bits per heavy atom. The van der Waals surface area contributed by atoms with E-state index in [9.17, 15) is 23.1 Å². The Hall–Kier alpha value is -1.93. The van der Waals surface area contributed by atoms with Gasteiger partial charge in [0.2, 0.25) is 15.9 Å². The van der Waals surface area contributed by atoms with Gasteiger partial charge in [-0.1, -0.05) is 38.0 Å². The van der Waals surface area contributed by atoms with Crippen molar-refractivity contribution in [3.8, 4) is 0 Å². The summed E-state index contributed by atoms with van der Waals surface area (Å²) in [6, 6.07) is 6.10. The summed E-state index contributed by atoms with van der Waals surface area (Å²) in [5, 5.41) is 11.8. The van der Waals surface area contributed by atoms with Crippen molar-refractivity contribution in [2.45, 2.75) is 56.0 Å². The molecule has 138 valence electrons. The summed E-state index contributed by atoms with van der Waals surface area (Å²) >= 11 is 0. The molecule has 2 N–H and O–H groups in total. The van der Waals surface area contributed by atoms with Crippen LogP contribution in [-0.4, -0.2) is 48.3 Å². The lowest BCUT2D eigenvalue weighted by molar-refractivity contribution is -0.142. The van der Waals surface area contributed by atoms with Gasteiger partial charge in [0.15, 0.2) is 0 Å². The Morgan fingerprint density at radius 3 is 2.60 bits per heavy atom. The minimum atomic E-state index is -3.78. The summed E-state index contributed by atoms with van der Waals surface area (Å²) in [7, 11) is -3.78. The number of carbonyl (C=O) groups is 2. The van der Waals surface area contributed by atoms with E-state index in [4.69, 9.17) is 0 Å². The van der Waals surface area contributed by atoms with Crippen LogP contribution in [0.3, 0.4) is 0 Å². The number of nitrogens with zero attached hydrogens (tertiary/aromatic N) is 1. The number of carboxylic acids is 1. The maximum Gasteiger partial charge on any atom is 0.326 e. The lowest BCUT2D eigenvalue weighted by Gasteiger charge is -2.25. The summed E-state index contributed by atoms with van der Waals surface area (Å²) in [6.07, 6.45) is 2.77. The summed E-state index contributed by atoms with van der Waals surface area (Å²) in [6.45, 7) is 2.19. The van der Waals surface area contributed by atoms with Crippen LogP contribution < -0.4 is 5.32 Å². The molecule has 0 aliphatic carbocycles. The van der Waals surface area contributed by atoms with Crippen molar-refractivity contribution < 1.29 is 23.1 Å². The highest BCUT2D eigenvalue weighted by molar-refractivity contribution is 7.89. The van der Waals surface area contributed by atoms with Gasteiger partial charge in [0.1, 0.15) is 12.1 Å². The van der Waals surface area contributed by atoms with Gasteiger partial charge in [-0.2, -0.15) is 4.31 Å². The van der Waals surface area contributed by atoms with E-state index >= 15 is 0 Å². The van der Waals surface area contributed by atoms with E-state index in [1.165, 1.54) is 16.4 Å². The van der Waals surface area contributed by atoms with E-state index < -0.39 is 34.0 Å². The fourth-order valence-electron chi connectivity index (χ4n) is 2.95. The first-order valence-corrected chi connectivity index (χ1v) is 9.92. The van der Waals surface area contributed by atoms with Crippen molar-refractivity contribution in [3.63, 3.8) is 0 Å². The zero-order chi connectivity index (χ0) is 18.4. The topological polar surface area (TPSA) is 104 Å². The second kappa shape index (κ2) is 8.44. The minimum Gasteiger partial charge on any atom is -0.480 e. The van der Waals surface area contributed by atoms with Crippen LogP contribution in [0.15, 0.2) is 35.2 Å². The summed E-state index contributed by atoms with van der Waals surface area (Å²) in [5.74, 6) is -1.64. The molecule has 1 heterocycles. The van der Waals surface area contributed by atoms with Crippen LogP contribution >= 0.6 is 0 Å². The van der Waals surface area contributed by atoms with Gasteiger partial charge in [-0.3, -0.25) is 4.79 Å². The van der Waals surface area contributed by atoms with E-state index in [1.54, 1.807) is 18.2 Å². The number of benzene rings is 1. The second-order valence-electron chi connectivity index (χ2n) is 6.13. The highest BCUT2D eigenvalue weighted by Crippen LogP contribution is 2.26. The molecule has 1 aliphatic heterocycles. The number of carboxylic acid groups (broad SMARTS) is 1. The predicted molar refractivity (Wildman–Crippen MR) is 92.4 cm³/mol. The zero-order valence-electron chi connectivity index (χ0n) is 14.2. The van der Waals surface area contributed by atoms with Crippen LogP contribution in [0.4, 0.5) is 0 Å². The number of sulfonamides is 1. The van der Waals surface area contributed by atoms with Gasteiger partial charge in [0.25, 0.3) is 0 Å². The van der Waals surface area contributed by atoms with Crippen LogP contribution in [0, 0.1) is 0 Å². The Morgan fingerprint density at radius 1 is 1.32 bits per heavy atom. The van der Waals surface area contributed by atoms with Gasteiger partial charge >= 0.3 is 5.97 Å². The number of nitrogens with one attached hydrogen (secondary N) is 1. The van der Waals surface area contributed by atoms with E-state index in [1.807, 2.05) is 6.92 Å². The summed E-state index contributed by atoms with van der Waals surface area (Å²) in [5.41, 5.74) is 0. The van der Waals surface area contributed by atoms with E-state index in [0.717, 1.165) is 6.42 Å². The van der Waals surface area contributed by atoms with Crippen LogP contribution in [0.1, 0.15) is 39.0 Å². The molecular formula is C17H24N2O5S. The molecule has 1 aliphatic rings. The molecule has 1 amide bonds. The standard InChI is InChI=1S/C17H24N2O5S/c1-2-3-10-14(17(21)22)18-16(20)15-11-7-12-19(15)25(23,24)13-8-5-4-6-9-13/h4-6,8-9,14-15H,2-3,7,10-12H2,1H3,(H,18,20)(H,21,22)/t14-,15?/m0/s1. The molecule has 0 aromatic heterocycles. The van der Waals surface area contributed by atoms with Crippen LogP contribution in [-0.2, 0) is 19.6 Å². The SMILES string of the molecule is CCCC[C@H](NC(=O)C1CCCN1S(=O)(=O)c1ccccc1)C(=O)O. The average Bonchev–Trinajstić information content (AvgIpc) is 3.09. The molecule has 1 aromatic rings. The summed E-state index contributed by atoms with van der Waals surface area (Å²) in [4.78, 5) is 24.0. The quantitative estimate of drug-likeness (QED) is 0.725. The first-order chi connectivity index (χ1) is 11.9. The molecule has 7 nitrogen and oxygen atoms in total. The second-order valence-corrected chi connectivity index (χ2v) is 8.02. The molecule has 0 bridgehead atoms. The smallest absolute Gasteiger partial charge is 0.326 e. The highest BCUT2D eigenvalue weighted by atomic mass is 32.2. The van der Waals surface area contributed by atoms with Gasteiger partial charge in [-0.25, -0.2) is 13.2 Å². The first-order valence-electron chi connectivity index (χ1n) is 8.48. The highest BCUT2D eigenvalue weighted by Gasteiger charge is 2.40. The maximum atomic E-state index is 12.8. The van der Waals surface area contributed by atoms with Crippen molar-refractivity contribution in [1.82, 2.24) is 9.62 Å². The van der Waals surface area contributed by atoms with Crippen molar-refractivity contribution >= 4 is 21.9 Å². The third kappa shape index (κ3) is 4.58. The molecule has 0 saturated carbocycles. The normalized spacial score (nSPS) is 19.5. The van der Waals surface area contributed by atoms with Crippen LogP contribution in [0.5, 0.6) is 0 Å². The molecular weight excluding hydrogens is 344 g/mol.